The van der Waals surface area contributed by atoms with E-state index in [4.69, 9.17) is 23.2 Å². The molecule has 1 saturated heterocycles. The number of hydrogen-bond acceptors (Lipinski definition) is 2. The second-order valence-electron chi connectivity index (χ2n) is 3.88. The molecule has 0 spiro atoms. The first-order valence-corrected chi connectivity index (χ1v) is 6.23. The van der Waals surface area contributed by atoms with Crippen molar-refractivity contribution in [2.24, 2.45) is 0 Å². The SMILES string of the molecule is O=C1CC(S)CN1Cc1ccc(Cl)c(Cl)c1. The van der Waals surface area contributed by atoms with Gasteiger partial charge in [-0.05, 0) is 17.7 Å². The van der Waals surface area contributed by atoms with Crippen molar-refractivity contribution in [1.82, 2.24) is 4.90 Å². The molecule has 1 fully saturated rings. The molecule has 1 atom stereocenters. The van der Waals surface area contributed by atoms with Gasteiger partial charge in [0.25, 0.3) is 0 Å². The van der Waals surface area contributed by atoms with Gasteiger partial charge in [0.1, 0.15) is 0 Å². The van der Waals surface area contributed by atoms with E-state index in [1.54, 1.807) is 17.0 Å². The zero-order valence-electron chi connectivity index (χ0n) is 8.49. The highest BCUT2D eigenvalue weighted by Crippen LogP contribution is 2.25. The number of carbonyl (C=O) groups excluding carboxylic acids is 1. The molecule has 5 heteroatoms. The number of hydrogen-bond donors (Lipinski definition) is 1. The minimum atomic E-state index is 0.145. The van der Waals surface area contributed by atoms with Crippen molar-refractivity contribution in [3.05, 3.63) is 33.8 Å². The monoisotopic (exact) mass is 275 g/mol. The minimum Gasteiger partial charge on any atom is -0.337 e. The lowest BCUT2D eigenvalue weighted by molar-refractivity contribution is -0.128. The van der Waals surface area contributed by atoms with Crippen LogP contribution in [0.1, 0.15) is 12.0 Å². The summed E-state index contributed by atoms with van der Waals surface area (Å²) in [5, 5.41) is 1.20. The molecular weight excluding hydrogens is 265 g/mol. The van der Waals surface area contributed by atoms with Crippen LogP contribution in [0.5, 0.6) is 0 Å². The topological polar surface area (TPSA) is 20.3 Å². The summed E-state index contributed by atoms with van der Waals surface area (Å²) in [4.78, 5) is 13.3. The Labute approximate surface area is 110 Å². The molecule has 0 N–H and O–H groups in total. The zero-order chi connectivity index (χ0) is 11.7. The number of carbonyl (C=O) groups is 1. The van der Waals surface area contributed by atoms with Crippen LogP contribution in [0.25, 0.3) is 0 Å². The van der Waals surface area contributed by atoms with Crippen molar-refractivity contribution in [3.63, 3.8) is 0 Å². The molecule has 1 heterocycles. The predicted octanol–water partition coefficient (Wildman–Crippen LogP) is 3.02. The third kappa shape index (κ3) is 2.65. The molecule has 1 aliphatic heterocycles. The van der Waals surface area contributed by atoms with Gasteiger partial charge in [-0.2, -0.15) is 12.6 Å². The van der Waals surface area contributed by atoms with E-state index in [1.165, 1.54) is 0 Å². The Bertz CT molecular complexity index is 424. The van der Waals surface area contributed by atoms with Crippen LogP contribution in [-0.4, -0.2) is 22.6 Å². The van der Waals surface area contributed by atoms with Gasteiger partial charge in [-0.3, -0.25) is 4.79 Å². The van der Waals surface area contributed by atoms with Crippen LogP contribution in [-0.2, 0) is 11.3 Å². The number of nitrogens with zero attached hydrogens (tertiary/aromatic N) is 1. The first kappa shape index (κ1) is 12.1. The summed E-state index contributed by atoms with van der Waals surface area (Å²) in [6.07, 6.45) is 0.518. The summed E-state index contributed by atoms with van der Waals surface area (Å²) in [5.74, 6) is 0.145. The fourth-order valence-electron chi connectivity index (χ4n) is 1.76. The highest BCUT2D eigenvalue weighted by Gasteiger charge is 2.26. The van der Waals surface area contributed by atoms with Gasteiger partial charge in [-0.1, -0.05) is 29.3 Å². The number of amides is 1. The Morgan fingerprint density at radius 1 is 1.38 bits per heavy atom. The highest BCUT2D eigenvalue weighted by molar-refractivity contribution is 7.81. The third-order valence-corrected chi connectivity index (χ3v) is 3.64. The molecular formula is C11H11Cl2NOS. The van der Waals surface area contributed by atoms with Gasteiger partial charge in [-0.25, -0.2) is 0 Å². The maximum atomic E-state index is 11.6. The van der Waals surface area contributed by atoms with Crippen molar-refractivity contribution in [1.29, 1.82) is 0 Å². The van der Waals surface area contributed by atoms with E-state index in [-0.39, 0.29) is 11.2 Å². The van der Waals surface area contributed by atoms with E-state index in [9.17, 15) is 4.79 Å². The Morgan fingerprint density at radius 3 is 2.69 bits per heavy atom. The van der Waals surface area contributed by atoms with E-state index in [2.05, 4.69) is 12.6 Å². The second kappa shape index (κ2) is 4.86. The lowest BCUT2D eigenvalue weighted by Crippen LogP contribution is -2.24. The fourth-order valence-corrected chi connectivity index (χ4v) is 2.44. The summed E-state index contributed by atoms with van der Waals surface area (Å²) in [6.45, 7) is 1.27. The van der Waals surface area contributed by atoms with Gasteiger partial charge in [-0.15, -0.1) is 0 Å². The molecule has 0 aromatic heterocycles. The van der Waals surface area contributed by atoms with Gasteiger partial charge < -0.3 is 4.90 Å². The number of thiol groups is 1. The Balaban J connectivity index is 2.09. The normalized spacial score (nSPS) is 20.6. The number of likely N-dealkylation sites (tertiary alicyclic amines) is 1. The predicted molar refractivity (Wildman–Crippen MR) is 69.3 cm³/mol. The molecule has 1 aromatic carbocycles. The van der Waals surface area contributed by atoms with Crippen LogP contribution in [0, 0.1) is 0 Å². The number of rotatable bonds is 2. The van der Waals surface area contributed by atoms with Crippen LogP contribution < -0.4 is 0 Å². The van der Waals surface area contributed by atoms with E-state index < -0.39 is 0 Å². The third-order valence-electron chi connectivity index (χ3n) is 2.55. The maximum absolute atomic E-state index is 11.6. The Hall–Kier alpha value is -0.380. The molecule has 86 valence electrons. The van der Waals surface area contributed by atoms with E-state index in [1.807, 2.05) is 6.07 Å². The molecule has 0 bridgehead atoms. The van der Waals surface area contributed by atoms with Crippen molar-refractivity contribution in [2.45, 2.75) is 18.2 Å². The van der Waals surface area contributed by atoms with Crippen LogP contribution in [0.3, 0.4) is 0 Å². The quantitative estimate of drug-likeness (QED) is 0.823. The van der Waals surface area contributed by atoms with E-state index in [0.29, 0.717) is 29.6 Å². The average molecular weight is 276 g/mol. The van der Waals surface area contributed by atoms with Gasteiger partial charge in [0.05, 0.1) is 10.0 Å². The standard InChI is InChI=1S/C11H11Cl2NOS/c12-9-2-1-7(3-10(9)13)5-14-6-8(16)4-11(14)15/h1-3,8,16H,4-6H2. The molecule has 0 saturated carbocycles. The molecule has 1 amide bonds. The minimum absolute atomic E-state index is 0.145. The largest absolute Gasteiger partial charge is 0.337 e. The first-order valence-electron chi connectivity index (χ1n) is 4.96. The highest BCUT2D eigenvalue weighted by atomic mass is 35.5. The lowest BCUT2D eigenvalue weighted by atomic mass is 10.2. The lowest BCUT2D eigenvalue weighted by Gasteiger charge is -2.16. The van der Waals surface area contributed by atoms with Crippen LogP contribution in [0.15, 0.2) is 18.2 Å². The summed E-state index contributed by atoms with van der Waals surface area (Å²) in [6, 6.07) is 5.42. The second-order valence-corrected chi connectivity index (χ2v) is 5.43. The molecule has 1 aliphatic rings. The van der Waals surface area contributed by atoms with Gasteiger partial charge in [0, 0.05) is 24.8 Å². The van der Waals surface area contributed by atoms with Crippen LogP contribution in [0.4, 0.5) is 0 Å². The van der Waals surface area contributed by atoms with Gasteiger partial charge >= 0.3 is 0 Å². The van der Waals surface area contributed by atoms with Crippen molar-refractivity contribution in [3.8, 4) is 0 Å². The molecule has 1 aromatic rings. The molecule has 2 nitrogen and oxygen atoms in total. The van der Waals surface area contributed by atoms with E-state index in [0.717, 1.165) is 5.56 Å². The van der Waals surface area contributed by atoms with Gasteiger partial charge in [0.2, 0.25) is 5.91 Å². The average Bonchev–Trinajstić information content (AvgIpc) is 2.51. The molecule has 0 radical (unpaired) electrons. The summed E-state index contributed by atoms with van der Waals surface area (Å²) < 4.78 is 0. The summed E-state index contributed by atoms with van der Waals surface area (Å²) in [7, 11) is 0. The molecule has 16 heavy (non-hydrogen) atoms. The van der Waals surface area contributed by atoms with Crippen LogP contribution in [0.2, 0.25) is 10.0 Å². The van der Waals surface area contributed by atoms with Crippen molar-refractivity contribution < 1.29 is 4.79 Å². The molecule has 1 unspecified atom stereocenters. The van der Waals surface area contributed by atoms with Crippen LogP contribution >= 0.6 is 35.8 Å². The smallest absolute Gasteiger partial charge is 0.224 e. The van der Waals surface area contributed by atoms with Crippen molar-refractivity contribution in [2.75, 3.05) is 6.54 Å². The summed E-state index contributed by atoms with van der Waals surface area (Å²) in [5.41, 5.74) is 0.991. The summed E-state index contributed by atoms with van der Waals surface area (Å²) >= 11 is 16.0. The number of benzene rings is 1. The first-order chi connectivity index (χ1) is 7.56. The van der Waals surface area contributed by atoms with E-state index >= 15 is 0 Å². The molecule has 0 aliphatic carbocycles. The fraction of sp³-hybridized carbons (Fsp3) is 0.364. The number of halogens is 2. The van der Waals surface area contributed by atoms with Gasteiger partial charge in [0.15, 0.2) is 0 Å². The molecule has 2 rings (SSSR count). The Kier molecular flexibility index (Phi) is 3.67. The van der Waals surface area contributed by atoms with Crippen molar-refractivity contribution >= 4 is 41.7 Å². The Morgan fingerprint density at radius 2 is 2.12 bits per heavy atom. The zero-order valence-corrected chi connectivity index (χ0v) is 10.9. The maximum Gasteiger partial charge on any atom is 0.224 e.